The Balaban J connectivity index is 1.47. The molecular weight excluding hydrogens is 440 g/mol. The number of hydrogen-bond donors (Lipinski definition) is 2. The largest absolute Gasteiger partial charge is 0.375 e. The lowest BCUT2D eigenvalue weighted by molar-refractivity contribution is -0.118. The van der Waals surface area contributed by atoms with Gasteiger partial charge in [-0.3, -0.25) is 9.36 Å². The van der Waals surface area contributed by atoms with Crippen molar-refractivity contribution in [2.24, 2.45) is 0 Å². The van der Waals surface area contributed by atoms with Crippen LogP contribution in [0.25, 0.3) is 5.69 Å². The Kier molecular flexibility index (Phi) is 6.87. The van der Waals surface area contributed by atoms with E-state index in [4.69, 9.17) is 5.73 Å². The Morgan fingerprint density at radius 3 is 2.53 bits per heavy atom. The first-order valence-corrected chi connectivity index (χ1v) is 12.0. The summed E-state index contributed by atoms with van der Waals surface area (Å²) in [4.78, 5) is 16.9. The number of nitrogens with zero attached hydrogens (tertiary/aromatic N) is 4. The number of amides is 1. The normalized spacial score (nSPS) is 10.9. The molecule has 4 rings (SSSR count). The van der Waals surface area contributed by atoms with Crippen molar-refractivity contribution in [2.45, 2.75) is 32.0 Å². The van der Waals surface area contributed by atoms with Gasteiger partial charge in [0.2, 0.25) is 5.91 Å². The van der Waals surface area contributed by atoms with Crippen LogP contribution in [0.4, 0.5) is 5.13 Å². The minimum atomic E-state index is -0.0471. The lowest BCUT2D eigenvalue weighted by Gasteiger charge is -2.12. The van der Waals surface area contributed by atoms with E-state index >= 15 is 0 Å². The van der Waals surface area contributed by atoms with E-state index in [0.29, 0.717) is 23.3 Å². The van der Waals surface area contributed by atoms with Gasteiger partial charge in [-0.25, -0.2) is 4.98 Å². The highest BCUT2D eigenvalue weighted by Gasteiger charge is 2.17. The molecule has 0 fully saturated rings. The first-order chi connectivity index (χ1) is 15.5. The van der Waals surface area contributed by atoms with Crippen molar-refractivity contribution in [3.05, 3.63) is 82.1 Å². The Bertz CT molecular complexity index is 1200. The monoisotopic (exact) mass is 464 g/mol. The second-order valence-corrected chi connectivity index (χ2v) is 9.19. The van der Waals surface area contributed by atoms with E-state index in [0.717, 1.165) is 22.8 Å². The lowest BCUT2D eigenvalue weighted by atomic mass is 10.0. The van der Waals surface area contributed by atoms with Gasteiger partial charge in [-0.2, -0.15) is 0 Å². The molecule has 0 bridgehead atoms. The fourth-order valence-electron chi connectivity index (χ4n) is 3.41. The number of rotatable bonds is 8. The zero-order chi connectivity index (χ0) is 22.5. The van der Waals surface area contributed by atoms with E-state index < -0.39 is 0 Å². The van der Waals surface area contributed by atoms with Gasteiger partial charge >= 0.3 is 0 Å². The standard InChI is InChI=1S/C23H24N6OS2/c1-15-7-6-8-16(2)19(15)12-25-21(30)14-32-23-28-27-20(11-17-13-31-22(24)26-17)29(23)18-9-4-3-5-10-18/h3-10,13H,11-12,14H2,1-2H3,(H2,24,26)(H,25,30). The molecule has 32 heavy (non-hydrogen) atoms. The van der Waals surface area contributed by atoms with Crippen molar-refractivity contribution in [1.82, 2.24) is 25.1 Å². The number of nitrogens with two attached hydrogens (primary N) is 1. The van der Waals surface area contributed by atoms with Crippen LogP contribution in [0.5, 0.6) is 0 Å². The Morgan fingerprint density at radius 1 is 1.09 bits per heavy atom. The van der Waals surface area contributed by atoms with E-state index in [1.807, 2.05) is 46.3 Å². The third-order valence-electron chi connectivity index (χ3n) is 5.06. The van der Waals surface area contributed by atoms with Gasteiger partial charge in [0.25, 0.3) is 0 Å². The fraction of sp³-hybridized carbons (Fsp3) is 0.217. The number of benzene rings is 2. The predicted molar refractivity (Wildman–Crippen MR) is 129 cm³/mol. The van der Waals surface area contributed by atoms with Crippen molar-refractivity contribution < 1.29 is 4.79 Å². The molecule has 2 heterocycles. The molecular formula is C23H24N6OS2. The summed E-state index contributed by atoms with van der Waals surface area (Å²) in [6.45, 7) is 4.63. The summed E-state index contributed by atoms with van der Waals surface area (Å²) in [7, 11) is 0. The van der Waals surface area contributed by atoms with Crippen LogP contribution >= 0.6 is 23.1 Å². The summed E-state index contributed by atoms with van der Waals surface area (Å²) in [5, 5.41) is 14.9. The molecule has 0 saturated carbocycles. The van der Waals surface area contributed by atoms with E-state index in [9.17, 15) is 4.79 Å². The van der Waals surface area contributed by atoms with Crippen LogP contribution in [0.1, 0.15) is 28.2 Å². The zero-order valence-corrected chi connectivity index (χ0v) is 19.5. The van der Waals surface area contributed by atoms with Gasteiger partial charge in [0.15, 0.2) is 10.3 Å². The summed E-state index contributed by atoms with van der Waals surface area (Å²) in [6, 6.07) is 16.0. The summed E-state index contributed by atoms with van der Waals surface area (Å²) in [5.74, 6) is 0.952. The number of thiazole rings is 1. The zero-order valence-electron chi connectivity index (χ0n) is 17.9. The number of carbonyl (C=O) groups excluding carboxylic acids is 1. The predicted octanol–water partition coefficient (Wildman–Crippen LogP) is 3.92. The number of thioether (sulfide) groups is 1. The van der Waals surface area contributed by atoms with Crippen molar-refractivity contribution in [3.8, 4) is 5.69 Å². The minimum Gasteiger partial charge on any atom is -0.375 e. The van der Waals surface area contributed by atoms with Crippen molar-refractivity contribution >= 4 is 34.1 Å². The molecule has 0 aliphatic carbocycles. The Labute approximate surface area is 195 Å². The number of carbonyl (C=O) groups is 1. The SMILES string of the molecule is Cc1cccc(C)c1CNC(=O)CSc1nnc(Cc2csc(N)n2)n1-c1ccccc1. The highest BCUT2D eigenvalue weighted by Crippen LogP contribution is 2.24. The summed E-state index contributed by atoms with van der Waals surface area (Å²) >= 11 is 2.77. The molecule has 0 saturated heterocycles. The topological polar surface area (TPSA) is 98.7 Å². The quantitative estimate of drug-likeness (QED) is 0.384. The number of anilines is 1. The van der Waals surface area contributed by atoms with E-state index in [2.05, 4.69) is 46.5 Å². The van der Waals surface area contributed by atoms with Gasteiger partial charge in [0.05, 0.1) is 17.9 Å². The summed E-state index contributed by atoms with van der Waals surface area (Å²) in [5.41, 5.74) is 11.1. The highest BCUT2D eigenvalue weighted by molar-refractivity contribution is 7.99. The Morgan fingerprint density at radius 2 is 1.84 bits per heavy atom. The molecule has 4 aromatic rings. The van der Waals surface area contributed by atoms with Crippen LogP contribution in [0, 0.1) is 13.8 Å². The van der Waals surface area contributed by atoms with Gasteiger partial charge in [0.1, 0.15) is 5.82 Å². The molecule has 0 spiro atoms. The number of nitrogen functional groups attached to an aromatic ring is 1. The molecule has 2 aromatic carbocycles. The van der Waals surface area contributed by atoms with Gasteiger partial charge < -0.3 is 11.1 Å². The highest BCUT2D eigenvalue weighted by atomic mass is 32.2. The maximum Gasteiger partial charge on any atom is 0.230 e. The molecule has 0 radical (unpaired) electrons. The van der Waals surface area contributed by atoms with Crippen molar-refractivity contribution in [1.29, 1.82) is 0 Å². The minimum absolute atomic E-state index is 0.0471. The molecule has 0 unspecified atom stereocenters. The van der Waals surface area contributed by atoms with E-state index in [1.165, 1.54) is 34.2 Å². The third kappa shape index (κ3) is 5.17. The number of para-hydroxylation sites is 1. The van der Waals surface area contributed by atoms with Gasteiger partial charge in [-0.05, 0) is 42.7 Å². The van der Waals surface area contributed by atoms with Crippen LogP contribution < -0.4 is 11.1 Å². The van der Waals surface area contributed by atoms with Crippen LogP contribution in [0.2, 0.25) is 0 Å². The molecule has 0 aliphatic heterocycles. The van der Waals surface area contributed by atoms with Crippen LogP contribution in [0.15, 0.2) is 59.1 Å². The first kappa shape index (κ1) is 22.0. The van der Waals surface area contributed by atoms with Crippen molar-refractivity contribution in [3.63, 3.8) is 0 Å². The third-order valence-corrected chi connectivity index (χ3v) is 6.71. The molecule has 0 aliphatic rings. The molecule has 9 heteroatoms. The number of hydrogen-bond acceptors (Lipinski definition) is 7. The first-order valence-electron chi connectivity index (χ1n) is 10.2. The average Bonchev–Trinajstić information content (AvgIpc) is 3.38. The molecule has 3 N–H and O–H groups in total. The fourth-order valence-corrected chi connectivity index (χ4v) is 4.77. The lowest BCUT2D eigenvalue weighted by Crippen LogP contribution is -2.25. The van der Waals surface area contributed by atoms with Crippen LogP contribution in [0.3, 0.4) is 0 Å². The molecule has 7 nitrogen and oxygen atoms in total. The van der Waals surface area contributed by atoms with E-state index in [1.54, 1.807) is 0 Å². The maximum atomic E-state index is 12.5. The molecule has 1 amide bonds. The van der Waals surface area contributed by atoms with E-state index in [-0.39, 0.29) is 11.7 Å². The van der Waals surface area contributed by atoms with Gasteiger partial charge in [0, 0.05) is 17.6 Å². The molecule has 164 valence electrons. The average molecular weight is 465 g/mol. The van der Waals surface area contributed by atoms with Gasteiger partial charge in [-0.1, -0.05) is 48.2 Å². The van der Waals surface area contributed by atoms with Crippen molar-refractivity contribution in [2.75, 3.05) is 11.5 Å². The van der Waals surface area contributed by atoms with Crippen LogP contribution in [-0.4, -0.2) is 31.4 Å². The second-order valence-electron chi connectivity index (χ2n) is 7.36. The maximum absolute atomic E-state index is 12.5. The number of aromatic nitrogens is 4. The smallest absolute Gasteiger partial charge is 0.230 e. The Hall–Kier alpha value is -3.17. The number of nitrogens with one attached hydrogen (secondary N) is 1. The molecule has 0 atom stereocenters. The summed E-state index contributed by atoms with van der Waals surface area (Å²) < 4.78 is 1.97. The van der Waals surface area contributed by atoms with Gasteiger partial charge in [-0.15, -0.1) is 21.5 Å². The number of aryl methyl sites for hydroxylation is 2. The molecule has 2 aromatic heterocycles. The summed E-state index contributed by atoms with van der Waals surface area (Å²) in [6.07, 6.45) is 0.509. The van der Waals surface area contributed by atoms with Crippen LogP contribution in [-0.2, 0) is 17.8 Å². The second kappa shape index (κ2) is 9.97.